The molecule has 0 spiro atoms. The van der Waals surface area contributed by atoms with Crippen LogP contribution in [-0.2, 0) is 9.59 Å². The first kappa shape index (κ1) is 18.0. The molecule has 0 radical (unpaired) electrons. The highest BCUT2D eigenvalue weighted by Gasteiger charge is 2.26. The van der Waals surface area contributed by atoms with E-state index in [1.807, 2.05) is 13.8 Å². The van der Waals surface area contributed by atoms with E-state index in [-0.39, 0.29) is 27.2 Å². The third kappa shape index (κ3) is 3.44. The number of aromatic hydroxyl groups is 1. The Balaban J connectivity index is 2.12. The number of carbonyl (C=O) groups excluding carboxylic acids is 2. The minimum Gasteiger partial charge on any atom is -0.492 e. The number of amides is 2. The van der Waals surface area contributed by atoms with Crippen molar-refractivity contribution in [3.8, 4) is 5.88 Å². The summed E-state index contributed by atoms with van der Waals surface area (Å²) in [4.78, 5) is 28.6. The fourth-order valence-electron chi connectivity index (χ4n) is 2.48. The van der Waals surface area contributed by atoms with Gasteiger partial charge in [-0.25, -0.2) is 4.99 Å². The molecule has 2 N–H and O–H groups in total. The summed E-state index contributed by atoms with van der Waals surface area (Å²) < 4.78 is 2.17. The number of halogens is 1. The maximum Gasteiger partial charge on any atom is 0.279 e. The van der Waals surface area contributed by atoms with E-state index in [0.29, 0.717) is 21.9 Å². The Kier molecular flexibility index (Phi) is 4.90. The molecule has 6 nitrogen and oxygen atoms in total. The van der Waals surface area contributed by atoms with Crippen LogP contribution in [-0.4, -0.2) is 21.6 Å². The molecule has 1 aliphatic heterocycles. The molecular weight excluding hydrogens is 426 g/mol. The highest BCUT2D eigenvalue weighted by molar-refractivity contribution is 9.10. The van der Waals surface area contributed by atoms with Crippen LogP contribution in [0.15, 0.2) is 27.7 Å². The van der Waals surface area contributed by atoms with Gasteiger partial charge in [-0.3, -0.25) is 15.0 Å². The van der Waals surface area contributed by atoms with Crippen molar-refractivity contribution in [2.45, 2.75) is 20.3 Å². The largest absolute Gasteiger partial charge is 0.492 e. The van der Waals surface area contributed by atoms with E-state index in [9.17, 15) is 14.7 Å². The SMILES string of the molecule is CC(C)CC(=O)Nn1c(O)c(C2=c3cc(Br)ccc3=NC2=O)sc1=S. The molecule has 0 saturated heterocycles. The Labute approximate surface area is 160 Å². The van der Waals surface area contributed by atoms with E-state index in [2.05, 4.69) is 26.3 Å². The maximum atomic E-state index is 12.3. The zero-order chi connectivity index (χ0) is 18.3. The third-order valence-electron chi connectivity index (χ3n) is 3.51. The minimum absolute atomic E-state index is 0.170. The standard InChI is InChI=1S/C16H14BrN3O3S2/c1-7(2)5-11(21)19-20-15(23)13(25-16(20)24)12-9-6-8(17)3-4-10(9)18-14(12)22/h3-4,6-7,23H,5H2,1-2H3,(H,19,21). The number of hydrogen-bond donors (Lipinski definition) is 2. The molecule has 1 aromatic carbocycles. The predicted molar refractivity (Wildman–Crippen MR) is 101 cm³/mol. The van der Waals surface area contributed by atoms with Crippen molar-refractivity contribution in [2.24, 2.45) is 10.9 Å². The number of aromatic nitrogens is 1. The summed E-state index contributed by atoms with van der Waals surface area (Å²) in [7, 11) is 0. The van der Waals surface area contributed by atoms with Crippen LogP contribution in [0.2, 0.25) is 0 Å². The van der Waals surface area contributed by atoms with Gasteiger partial charge in [-0.15, -0.1) is 0 Å². The number of fused-ring (bicyclic) bond motifs is 1. The van der Waals surface area contributed by atoms with Crippen molar-refractivity contribution >= 4 is 56.9 Å². The lowest BCUT2D eigenvalue weighted by Gasteiger charge is -2.09. The molecule has 1 aromatic heterocycles. The Morgan fingerprint density at radius 2 is 2.20 bits per heavy atom. The number of nitrogens with one attached hydrogen (secondary N) is 1. The topological polar surface area (TPSA) is 83.7 Å². The number of rotatable bonds is 4. The molecule has 2 aromatic rings. The second-order valence-electron chi connectivity index (χ2n) is 5.94. The van der Waals surface area contributed by atoms with Crippen molar-refractivity contribution in [1.82, 2.24) is 4.68 Å². The molecule has 0 fully saturated rings. The van der Waals surface area contributed by atoms with Crippen molar-refractivity contribution in [3.05, 3.63) is 42.1 Å². The van der Waals surface area contributed by atoms with Gasteiger partial charge in [0.05, 0.1) is 10.9 Å². The number of thiazole rings is 1. The zero-order valence-electron chi connectivity index (χ0n) is 13.4. The monoisotopic (exact) mass is 439 g/mol. The van der Waals surface area contributed by atoms with Crippen molar-refractivity contribution < 1.29 is 14.7 Å². The summed E-state index contributed by atoms with van der Waals surface area (Å²) in [6, 6.07) is 5.28. The summed E-state index contributed by atoms with van der Waals surface area (Å²) in [5.74, 6) is -0.802. The smallest absolute Gasteiger partial charge is 0.279 e. The summed E-state index contributed by atoms with van der Waals surface area (Å²) in [5.41, 5.74) is 2.85. The molecular formula is C16H14BrN3O3S2. The highest BCUT2D eigenvalue weighted by Crippen LogP contribution is 2.31. The first-order valence-electron chi connectivity index (χ1n) is 7.46. The Hall–Kier alpha value is -1.84. The summed E-state index contributed by atoms with van der Waals surface area (Å²) >= 11 is 9.66. The molecule has 3 rings (SSSR count). The Bertz CT molecular complexity index is 1070. The molecule has 2 amide bonds. The van der Waals surface area contributed by atoms with E-state index in [1.54, 1.807) is 18.2 Å². The van der Waals surface area contributed by atoms with E-state index >= 15 is 0 Å². The quantitative estimate of drug-likeness (QED) is 0.715. The predicted octanol–water partition coefficient (Wildman–Crippen LogP) is 2.22. The van der Waals surface area contributed by atoms with Gasteiger partial charge in [-0.1, -0.05) is 41.1 Å². The van der Waals surface area contributed by atoms with Gasteiger partial charge in [-0.05, 0) is 36.3 Å². The van der Waals surface area contributed by atoms with Crippen molar-refractivity contribution in [2.75, 3.05) is 5.43 Å². The molecule has 0 bridgehead atoms. The number of benzene rings is 1. The minimum atomic E-state index is -0.444. The van der Waals surface area contributed by atoms with Crippen LogP contribution in [0.3, 0.4) is 0 Å². The van der Waals surface area contributed by atoms with Crippen LogP contribution in [0.4, 0.5) is 0 Å². The molecule has 0 atom stereocenters. The average molecular weight is 440 g/mol. The van der Waals surface area contributed by atoms with Crippen LogP contribution in [0.1, 0.15) is 25.1 Å². The van der Waals surface area contributed by atoms with Gasteiger partial charge in [0.1, 0.15) is 4.88 Å². The molecule has 25 heavy (non-hydrogen) atoms. The molecule has 9 heteroatoms. The number of carbonyl (C=O) groups is 2. The van der Waals surface area contributed by atoms with Crippen LogP contribution in [0.25, 0.3) is 5.57 Å². The lowest BCUT2D eigenvalue weighted by molar-refractivity contribution is -0.117. The second kappa shape index (κ2) is 6.81. The summed E-state index contributed by atoms with van der Waals surface area (Å²) in [5, 5.41) is 11.7. The molecule has 1 aliphatic rings. The number of hydrogen-bond acceptors (Lipinski definition) is 5. The Morgan fingerprint density at radius 3 is 2.88 bits per heavy atom. The van der Waals surface area contributed by atoms with Gasteiger partial charge in [0, 0.05) is 16.1 Å². The summed E-state index contributed by atoms with van der Waals surface area (Å²) in [6.07, 6.45) is 0.299. The van der Waals surface area contributed by atoms with E-state index in [1.165, 1.54) is 0 Å². The van der Waals surface area contributed by atoms with Gasteiger partial charge in [0.2, 0.25) is 11.8 Å². The van der Waals surface area contributed by atoms with Crippen LogP contribution in [0, 0.1) is 9.87 Å². The normalized spacial score (nSPS) is 13.1. The lowest BCUT2D eigenvalue weighted by atomic mass is 10.1. The fourth-order valence-corrected chi connectivity index (χ4v) is 4.10. The third-order valence-corrected chi connectivity index (χ3v) is 5.38. The Morgan fingerprint density at radius 1 is 1.48 bits per heavy atom. The number of nitrogens with zero attached hydrogens (tertiary/aromatic N) is 2. The molecule has 0 aliphatic carbocycles. The first-order chi connectivity index (χ1) is 11.8. The molecule has 130 valence electrons. The summed E-state index contributed by atoms with van der Waals surface area (Å²) in [6.45, 7) is 3.84. The van der Waals surface area contributed by atoms with Gasteiger partial charge in [0.15, 0.2) is 3.95 Å². The maximum absolute atomic E-state index is 12.3. The zero-order valence-corrected chi connectivity index (χ0v) is 16.6. The average Bonchev–Trinajstić information content (AvgIpc) is 2.96. The van der Waals surface area contributed by atoms with Gasteiger partial charge >= 0.3 is 0 Å². The van der Waals surface area contributed by atoms with E-state index in [0.717, 1.165) is 20.5 Å². The van der Waals surface area contributed by atoms with Gasteiger partial charge in [0.25, 0.3) is 5.91 Å². The lowest BCUT2D eigenvalue weighted by Crippen LogP contribution is -2.24. The molecule has 0 saturated carbocycles. The molecule has 2 heterocycles. The van der Waals surface area contributed by atoms with E-state index < -0.39 is 5.91 Å². The highest BCUT2D eigenvalue weighted by atomic mass is 79.9. The van der Waals surface area contributed by atoms with Crippen LogP contribution >= 0.6 is 39.5 Å². The first-order valence-corrected chi connectivity index (χ1v) is 9.47. The second-order valence-corrected chi connectivity index (χ2v) is 8.50. The fraction of sp³-hybridized carbons (Fsp3) is 0.250. The van der Waals surface area contributed by atoms with Crippen molar-refractivity contribution in [1.29, 1.82) is 0 Å². The van der Waals surface area contributed by atoms with Crippen LogP contribution in [0.5, 0.6) is 5.88 Å². The van der Waals surface area contributed by atoms with E-state index in [4.69, 9.17) is 12.2 Å². The van der Waals surface area contributed by atoms with Gasteiger partial charge in [-0.2, -0.15) is 4.68 Å². The molecule has 0 unspecified atom stereocenters. The van der Waals surface area contributed by atoms with Crippen molar-refractivity contribution in [3.63, 3.8) is 0 Å². The van der Waals surface area contributed by atoms with Crippen LogP contribution < -0.4 is 16.0 Å². The van der Waals surface area contributed by atoms with Gasteiger partial charge < -0.3 is 5.11 Å².